The van der Waals surface area contributed by atoms with Crippen LogP contribution in [0.3, 0.4) is 0 Å². The summed E-state index contributed by atoms with van der Waals surface area (Å²) in [7, 11) is 1.55. The van der Waals surface area contributed by atoms with Crippen LogP contribution in [-0.2, 0) is 4.79 Å². The maximum Gasteiger partial charge on any atom is 0.235 e. The highest BCUT2D eigenvalue weighted by atomic mass is 32.2. The first-order valence-electron chi connectivity index (χ1n) is 6.55. The van der Waals surface area contributed by atoms with E-state index in [0.29, 0.717) is 27.8 Å². The lowest BCUT2D eigenvalue weighted by atomic mass is 10.4. The normalized spacial score (nSPS) is 10.7. The molecule has 3 aromatic rings. The molecule has 0 atom stereocenters. The minimum absolute atomic E-state index is 0.115. The largest absolute Gasteiger partial charge is 0.495 e. The average molecular weight is 331 g/mol. The number of ether oxygens (including phenoxy) is 1. The van der Waals surface area contributed by atoms with E-state index in [9.17, 15) is 4.79 Å². The van der Waals surface area contributed by atoms with Gasteiger partial charge in [-0.15, -0.1) is 0 Å². The maximum absolute atomic E-state index is 12.0. The molecule has 0 saturated carbocycles. The molecule has 0 fully saturated rings. The summed E-state index contributed by atoms with van der Waals surface area (Å²) >= 11 is 1.24. The number of H-pyrrole nitrogens is 1. The van der Waals surface area contributed by atoms with E-state index in [0.717, 1.165) is 0 Å². The van der Waals surface area contributed by atoms with Crippen molar-refractivity contribution >= 4 is 40.6 Å². The minimum atomic E-state index is -0.211. The molecule has 0 unspecified atom stereocenters. The molecule has 0 aromatic carbocycles. The first-order valence-corrected chi connectivity index (χ1v) is 7.53. The van der Waals surface area contributed by atoms with Gasteiger partial charge in [-0.3, -0.25) is 4.79 Å². The van der Waals surface area contributed by atoms with Crippen LogP contribution in [0.15, 0.2) is 29.7 Å². The fourth-order valence-electron chi connectivity index (χ4n) is 1.81. The monoisotopic (exact) mass is 331 g/mol. The third-order valence-electron chi connectivity index (χ3n) is 2.85. The summed E-state index contributed by atoms with van der Waals surface area (Å²) in [5.74, 6) is 1.13. The molecule has 3 rings (SSSR count). The van der Waals surface area contributed by atoms with Crippen molar-refractivity contribution in [1.82, 2.24) is 24.9 Å². The van der Waals surface area contributed by atoms with E-state index in [-0.39, 0.29) is 17.6 Å². The Morgan fingerprint density at radius 3 is 3.00 bits per heavy atom. The zero-order valence-corrected chi connectivity index (χ0v) is 12.9. The standard InChI is InChI=1S/C13H13N7O2S/c1-22-7-2-3-8(15-4-7)18-9(21)5-23-12-10-11(17-6-16-10)19-13(14)20-12/h2-4,6H,5H2,1H3,(H,15,18,21)(H3,14,16,17,19,20). The van der Waals surface area contributed by atoms with Gasteiger partial charge in [-0.05, 0) is 12.1 Å². The molecule has 0 aliphatic carbocycles. The van der Waals surface area contributed by atoms with Crippen LogP contribution in [0.5, 0.6) is 5.75 Å². The number of nitrogens with one attached hydrogen (secondary N) is 2. The molecule has 3 heterocycles. The lowest BCUT2D eigenvalue weighted by molar-refractivity contribution is -0.113. The van der Waals surface area contributed by atoms with Crippen molar-refractivity contribution in [2.24, 2.45) is 0 Å². The number of carbonyl (C=O) groups is 1. The van der Waals surface area contributed by atoms with E-state index in [4.69, 9.17) is 10.5 Å². The highest BCUT2D eigenvalue weighted by Gasteiger charge is 2.11. The number of hydrogen-bond donors (Lipinski definition) is 3. The summed E-state index contributed by atoms with van der Waals surface area (Å²) in [6, 6.07) is 3.38. The van der Waals surface area contributed by atoms with Crippen molar-refractivity contribution in [2.45, 2.75) is 5.03 Å². The fourth-order valence-corrected chi connectivity index (χ4v) is 2.61. The van der Waals surface area contributed by atoms with Gasteiger partial charge in [-0.1, -0.05) is 11.8 Å². The second-order valence-electron chi connectivity index (χ2n) is 4.41. The Labute approximate surface area is 135 Å². The highest BCUT2D eigenvalue weighted by Crippen LogP contribution is 2.23. The van der Waals surface area contributed by atoms with Crippen molar-refractivity contribution in [3.05, 3.63) is 24.7 Å². The number of anilines is 2. The molecule has 1 amide bonds. The molecule has 0 bridgehead atoms. The van der Waals surface area contributed by atoms with Crippen molar-refractivity contribution in [3.8, 4) is 5.75 Å². The quantitative estimate of drug-likeness (QED) is 0.467. The Kier molecular flexibility index (Phi) is 4.24. The number of carbonyl (C=O) groups excluding carboxylic acids is 1. The van der Waals surface area contributed by atoms with Gasteiger partial charge >= 0.3 is 0 Å². The molecule has 118 valence electrons. The lowest BCUT2D eigenvalue weighted by Crippen LogP contribution is -2.15. The molecule has 10 heteroatoms. The number of pyridine rings is 1. The summed E-state index contributed by atoms with van der Waals surface area (Å²) < 4.78 is 5.01. The van der Waals surface area contributed by atoms with Crippen LogP contribution >= 0.6 is 11.8 Å². The molecular weight excluding hydrogens is 318 g/mol. The number of hydrogen-bond acceptors (Lipinski definition) is 8. The number of imidazole rings is 1. The molecule has 0 radical (unpaired) electrons. The van der Waals surface area contributed by atoms with Crippen LogP contribution in [0.25, 0.3) is 11.2 Å². The highest BCUT2D eigenvalue weighted by molar-refractivity contribution is 8.00. The third-order valence-corrected chi connectivity index (χ3v) is 3.82. The lowest BCUT2D eigenvalue weighted by Gasteiger charge is -2.05. The number of nitrogen functional groups attached to an aromatic ring is 1. The molecule has 23 heavy (non-hydrogen) atoms. The van der Waals surface area contributed by atoms with Crippen LogP contribution in [0, 0.1) is 0 Å². The Balaban J connectivity index is 1.64. The van der Waals surface area contributed by atoms with E-state index in [2.05, 4.69) is 30.2 Å². The Hall–Kier alpha value is -2.88. The number of aromatic amines is 1. The van der Waals surface area contributed by atoms with Gasteiger partial charge < -0.3 is 20.8 Å². The van der Waals surface area contributed by atoms with Gasteiger partial charge in [-0.2, -0.15) is 4.98 Å². The Bertz CT molecular complexity index is 834. The second kappa shape index (κ2) is 6.48. The van der Waals surface area contributed by atoms with Crippen molar-refractivity contribution < 1.29 is 9.53 Å². The van der Waals surface area contributed by atoms with Crippen LogP contribution in [-0.4, -0.2) is 43.7 Å². The van der Waals surface area contributed by atoms with Gasteiger partial charge in [0.2, 0.25) is 11.9 Å². The number of nitrogens with zero attached hydrogens (tertiary/aromatic N) is 4. The van der Waals surface area contributed by atoms with Gasteiger partial charge in [0.25, 0.3) is 0 Å². The SMILES string of the molecule is COc1ccc(NC(=O)CSc2nc(N)nc3nc[nH]c23)nc1. The number of nitrogens with two attached hydrogens (primary N) is 1. The number of methoxy groups -OCH3 is 1. The topological polar surface area (TPSA) is 132 Å². The summed E-state index contributed by atoms with van der Waals surface area (Å²) in [5.41, 5.74) is 6.75. The van der Waals surface area contributed by atoms with Crippen molar-refractivity contribution in [3.63, 3.8) is 0 Å². The molecule has 0 spiro atoms. The molecule has 9 nitrogen and oxygen atoms in total. The predicted molar refractivity (Wildman–Crippen MR) is 86.2 cm³/mol. The molecule has 0 aliphatic rings. The number of rotatable bonds is 5. The molecular formula is C13H13N7O2S. The fraction of sp³-hybridized carbons (Fsp3) is 0.154. The number of fused-ring (bicyclic) bond motifs is 1. The zero-order chi connectivity index (χ0) is 16.2. The van der Waals surface area contributed by atoms with E-state index < -0.39 is 0 Å². The van der Waals surface area contributed by atoms with E-state index in [1.807, 2.05) is 0 Å². The summed E-state index contributed by atoms with van der Waals surface area (Å²) in [6.07, 6.45) is 3.03. The first kappa shape index (κ1) is 15.0. The molecule has 0 aliphatic heterocycles. The van der Waals surface area contributed by atoms with Crippen molar-refractivity contribution in [1.29, 1.82) is 0 Å². The molecule has 0 saturated heterocycles. The van der Waals surface area contributed by atoms with Crippen LogP contribution in [0.2, 0.25) is 0 Å². The summed E-state index contributed by atoms with van der Waals surface area (Å²) in [5, 5.41) is 3.27. The number of amides is 1. The van der Waals surface area contributed by atoms with E-state index >= 15 is 0 Å². The number of aromatic nitrogens is 5. The van der Waals surface area contributed by atoms with Gasteiger partial charge in [0.05, 0.1) is 25.4 Å². The summed E-state index contributed by atoms with van der Waals surface area (Å²) in [6.45, 7) is 0. The minimum Gasteiger partial charge on any atom is -0.495 e. The molecule has 4 N–H and O–H groups in total. The third kappa shape index (κ3) is 3.48. The average Bonchev–Trinajstić information content (AvgIpc) is 3.01. The van der Waals surface area contributed by atoms with E-state index in [1.165, 1.54) is 24.3 Å². The smallest absolute Gasteiger partial charge is 0.235 e. The number of thioether (sulfide) groups is 1. The summed E-state index contributed by atoms with van der Waals surface area (Å²) in [4.78, 5) is 31.1. The second-order valence-corrected chi connectivity index (χ2v) is 5.37. The predicted octanol–water partition coefficient (Wildman–Crippen LogP) is 1.07. The van der Waals surface area contributed by atoms with Gasteiger partial charge in [0.15, 0.2) is 5.65 Å². The van der Waals surface area contributed by atoms with Crippen molar-refractivity contribution in [2.75, 3.05) is 23.9 Å². The molecule has 3 aromatic heterocycles. The van der Waals surface area contributed by atoms with Gasteiger partial charge in [0.1, 0.15) is 22.1 Å². The first-order chi connectivity index (χ1) is 11.2. The van der Waals surface area contributed by atoms with Crippen LogP contribution < -0.4 is 15.8 Å². The zero-order valence-electron chi connectivity index (χ0n) is 12.1. The van der Waals surface area contributed by atoms with Gasteiger partial charge in [-0.25, -0.2) is 15.0 Å². The Morgan fingerprint density at radius 1 is 1.39 bits per heavy atom. The van der Waals surface area contributed by atoms with Crippen LogP contribution in [0.4, 0.5) is 11.8 Å². The van der Waals surface area contributed by atoms with E-state index in [1.54, 1.807) is 19.2 Å². The van der Waals surface area contributed by atoms with Gasteiger partial charge in [0, 0.05) is 0 Å². The Morgan fingerprint density at radius 2 is 2.26 bits per heavy atom. The maximum atomic E-state index is 12.0. The van der Waals surface area contributed by atoms with Crippen LogP contribution in [0.1, 0.15) is 0 Å².